The van der Waals surface area contributed by atoms with Crippen LogP contribution in [0.4, 0.5) is 11.4 Å². The second-order valence-corrected chi connectivity index (χ2v) is 12.8. The molecule has 11 nitrogen and oxygen atoms in total. The molecule has 0 aliphatic carbocycles. The predicted octanol–water partition coefficient (Wildman–Crippen LogP) is 5.61. The van der Waals surface area contributed by atoms with Crippen LogP contribution in [0.3, 0.4) is 0 Å². The Bertz CT molecular complexity index is 1840. The molecule has 0 saturated carbocycles. The fourth-order valence-electron chi connectivity index (χ4n) is 6.24. The third-order valence-corrected chi connectivity index (χ3v) is 9.55. The Morgan fingerprint density at radius 1 is 0.816 bits per heavy atom. The van der Waals surface area contributed by atoms with Crippen molar-refractivity contribution in [2.45, 2.75) is 50.9 Å². The summed E-state index contributed by atoms with van der Waals surface area (Å²) in [7, 11) is 3.25. The van der Waals surface area contributed by atoms with Gasteiger partial charge in [-0.3, -0.25) is 19.6 Å². The molecule has 2 fully saturated rings. The zero-order valence-corrected chi connectivity index (χ0v) is 28.9. The zero-order chi connectivity index (χ0) is 34.3. The number of benzene rings is 2. The van der Waals surface area contributed by atoms with Crippen LogP contribution in [0.5, 0.6) is 11.5 Å². The van der Waals surface area contributed by atoms with Gasteiger partial charge in [0.15, 0.2) is 0 Å². The van der Waals surface area contributed by atoms with Gasteiger partial charge in [-0.05, 0) is 31.0 Å². The van der Waals surface area contributed by atoms with E-state index in [0.29, 0.717) is 77.6 Å². The van der Waals surface area contributed by atoms with Crippen molar-refractivity contribution in [3.8, 4) is 33.9 Å². The summed E-state index contributed by atoms with van der Waals surface area (Å²) >= 11 is 14.1. The molecule has 2 aliphatic rings. The van der Waals surface area contributed by atoms with Crippen molar-refractivity contribution in [1.29, 1.82) is 0 Å². The molecule has 49 heavy (non-hydrogen) atoms. The first kappa shape index (κ1) is 34.4. The summed E-state index contributed by atoms with van der Waals surface area (Å²) < 4.78 is 11.5. The lowest BCUT2D eigenvalue weighted by atomic mass is 10.0. The lowest BCUT2D eigenvalue weighted by molar-refractivity contribution is -0.120. The molecule has 4 heterocycles. The standard InChI is InChI=1S/C36H39Cl2N7O4/c1-48-30-14-21(6-7-22(30)15-39-18-24-8-10-31(46)43-24)35-34(38)27(12-13-42-35)26-4-3-5-28(33(26)37)45-29-20-41-17-23(36(29)49-2)16-40-19-25-9-11-32(47)44-25/h3-7,12-14,17,20,24-25,39-40,45H,8-11,15-16,18-19H2,1-2H3,(H,43,46)(H,44,47)/t24-,25-/m1/s1. The molecule has 0 unspecified atom stereocenters. The van der Waals surface area contributed by atoms with Crippen LogP contribution in [-0.2, 0) is 22.7 Å². The SMILES string of the molecule is COc1cc(-c2nccc(-c3cccc(Nc4cncc(CNC[C@H]5CCC(=O)N5)c4OC)c3Cl)c2Cl)ccc1CNC[C@H]1CCC(=O)N1. The number of methoxy groups -OCH3 is 2. The average molecular weight is 705 g/mol. The first-order chi connectivity index (χ1) is 23.8. The second kappa shape index (κ2) is 15.9. The van der Waals surface area contributed by atoms with Crippen LogP contribution < -0.4 is 36.1 Å². The minimum absolute atomic E-state index is 0.0903. The number of halogens is 2. The molecule has 2 saturated heterocycles. The molecule has 0 radical (unpaired) electrons. The van der Waals surface area contributed by atoms with Crippen LogP contribution in [0.1, 0.15) is 36.8 Å². The Balaban J connectivity index is 1.19. The molecule has 2 amide bonds. The molecule has 4 aromatic rings. The predicted molar refractivity (Wildman–Crippen MR) is 191 cm³/mol. The lowest BCUT2D eigenvalue weighted by Crippen LogP contribution is -2.35. The van der Waals surface area contributed by atoms with Gasteiger partial charge in [-0.2, -0.15) is 0 Å². The van der Waals surface area contributed by atoms with E-state index in [1.807, 2.05) is 42.5 Å². The molecular formula is C36H39Cl2N7O4. The molecule has 5 N–H and O–H groups in total. The average Bonchev–Trinajstić information content (AvgIpc) is 3.73. The number of anilines is 2. The Labute approximate surface area is 295 Å². The highest BCUT2D eigenvalue weighted by atomic mass is 35.5. The normalized spacial score (nSPS) is 17.1. The van der Waals surface area contributed by atoms with Crippen molar-refractivity contribution < 1.29 is 19.1 Å². The van der Waals surface area contributed by atoms with Crippen molar-refractivity contribution in [1.82, 2.24) is 31.2 Å². The summed E-state index contributed by atoms with van der Waals surface area (Å²) in [5.41, 5.74) is 6.03. The number of rotatable bonds is 14. The lowest BCUT2D eigenvalue weighted by Gasteiger charge is -2.18. The maximum atomic E-state index is 11.5. The summed E-state index contributed by atoms with van der Waals surface area (Å²) in [6.45, 7) is 2.45. The van der Waals surface area contributed by atoms with Crippen molar-refractivity contribution in [2.24, 2.45) is 0 Å². The molecule has 256 valence electrons. The summed E-state index contributed by atoms with van der Waals surface area (Å²) in [6, 6.07) is 13.7. The zero-order valence-electron chi connectivity index (χ0n) is 27.4. The van der Waals surface area contributed by atoms with Gasteiger partial charge in [0.1, 0.15) is 17.2 Å². The molecule has 2 atom stereocenters. The highest BCUT2D eigenvalue weighted by Crippen LogP contribution is 2.42. The third kappa shape index (κ3) is 8.08. The molecule has 6 rings (SSSR count). The number of ether oxygens (including phenoxy) is 2. The maximum Gasteiger partial charge on any atom is 0.220 e. The van der Waals surface area contributed by atoms with Gasteiger partial charge in [0.25, 0.3) is 0 Å². The number of carbonyl (C=O) groups is 2. The van der Waals surface area contributed by atoms with Gasteiger partial charge in [0.05, 0.1) is 41.8 Å². The van der Waals surface area contributed by atoms with E-state index in [0.717, 1.165) is 40.7 Å². The highest BCUT2D eigenvalue weighted by Gasteiger charge is 2.22. The minimum atomic E-state index is 0.0903. The Kier molecular flexibility index (Phi) is 11.1. The van der Waals surface area contributed by atoms with Gasteiger partial charge in [0, 0.05) is 91.3 Å². The number of hydrogen-bond acceptors (Lipinski definition) is 9. The van der Waals surface area contributed by atoms with Crippen molar-refractivity contribution in [3.05, 3.63) is 82.2 Å². The molecule has 2 aromatic carbocycles. The Morgan fingerprint density at radius 3 is 2.16 bits per heavy atom. The number of amides is 2. The Hall–Kier alpha value is -4.42. The number of pyridine rings is 2. The first-order valence-corrected chi connectivity index (χ1v) is 17.0. The highest BCUT2D eigenvalue weighted by molar-refractivity contribution is 6.39. The van der Waals surface area contributed by atoms with Crippen molar-refractivity contribution >= 4 is 46.4 Å². The van der Waals surface area contributed by atoms with Crippen LogP contribution in [0.15, 0.2) is 61.1 Å². The van der Waals surface area contributed by atoms with Crippen LogP contribution in [0.25, 0.3) is 22.4 Å². The van der Waals surface area contributed by atoms with E-state index in [9.17, 15) is 9.59 Å². The van der Waals surface area contributed by atoms with Crippen molar-refractivity contribution in [2.75, 3.05) is 32.6 Å². The quantitative estimate of drug-likeness (QED) is 0.113. The fraction of sp³-hybridized carbons (Fsp3) is 0.333. The van der Waals surface area contributed by atoms with E-state index in [1.54, 1.807) is 32.8 Å². The number of aromatic nitrogens is 2. The van der Waals surface area contributed by atoms with E-state index in [4.69, 9.17) is 32.7 Å². The van der Waals surface area contributed by atoms with Gasteiger partial charge < -0.3 is 36.1 Å². The summed E-state index contributed by atoms with van der Waals surface area (Å²) in [5.74, 6) is 1.54. The monoisotopic (exact) mass is 703 g/mol. The number of carbonyl (C=O) groups excluding carboxylic acids is 2. The third-order valence-electron chi connectivity index (χ3n) is 8.76. The molecule has 2 aliphatic heterocycles. The van der Waals surface area contributed by atoms with Crippen LogP contribution in [0.2, 0.25) is 10.0 Å². The molecule has 0 spiro atoms. The van der Waals surface area contributed by atoms with Gasteiger partial charge in [-0.25, -0.2) is 0 Å². The van der Waals surface area contributed by atoms with Crippen LogP contribution >= 0.6 is 23.2 Å². The van der Waals surface area contributed by atoms with Gasteiger partial charge in [0.2, 0.25) is 11.8 Å². The summed E-state index contributed by atoms with van der Waals surface area (Å²) in [6.07, 6.45) is 7.97. The smallest absolute Gasteiger partial charge is 0.220 e. The minimum Gasteiger partial charge on any atom is -0.496 e. The van der Waals surface area contributed by atoms with Gasteiger partial charge in [-0.1, -0.05) is 47.5 Å². The Morgan fingerprint density at radius 2 is 1.51 bits per heavy atom. The second-order valence-electron chi connectivity index (χ2n) is 12.1. The number of nitrogens with zero attached hydrogens (tertiary/aromatic N) is 2. The maximum absolute atomic E-state index is 11.5. The van der Waals surface area contributed by atoms with E-state index in [-0.39, 0.29) is 23.9 Å². The molecule has 2 aromatic heterocycles. The first-order valence-electron chi connectivity index (χ1n) is 16.2. The number of nitrogens with one attached hydrogen (secondary N) is 5. The topological polar surface area (TPSA) is 139 Å². The van der Waals surface area contributed by atoms with E-state index in [2.05, 4.69) is 36.6 Å². The molecule has 0 bridgehead atoms. The van der Waals surface area contributed by atoms with Crippen molar-refractivity contribution in [3.63, 3.8) is 0 Å². The largest absolute Gasteiger partial charge is 0.496 e. The summed E-state index contributed by atoms with van der Waals surface area (Å²) in [5, 5.41) is 17.1. The summed E-state index contributed by atoms with van der Waals surface area (Å²) in [4.78, 5) is 32.1. The van der Waals surface area contributed by atoms with E-state index < -0.39 is 0 Å². The fourth-order valence-corrected chi connectivity index (χ4v) is 6.84. The van der Waals surface area contributed by atoms with Gasteiger partial charge >= 0.3 is 0 Å². The van der Waals surface area contributed by atoms with Crippen LogP contribution in [-0.4, -0.2) is 61.2 Å². The van der Waals surface area contributed by atoms with E-state index in [1.165, 1.54) is 0 Å². The van der Waals surface area contributed by atoms with E-state index >= 15 is 0 Å². The van der Waals surface area contributed by atoms with Crippen LogP contribution in [0, 0.1) is 0 Å². The molecular weight excluding hydrogens is 665 g/mol. The number of hydrogen-bond donors (Lipinski definition) is 5. The van der Waals surface area contributed by atoms with Gasteiger partial charge in [-0.15, -0.1) is 0 Å². The molecule has 13 heteroatoms.